The van der Waals surface area contributed by atoms with Crippen LogP contribution >= 0.6 is 0 Å². The largest absolute Gasteiger partial charge is 0.466 e. The molecular formula is C13H12N4O8. The zero-order valence-corrected chi connectivity index (χ0v) is 13.0. The standard InChI is InChI=1S/C13H12N4O8/c1-24-12(18)6-5-10(13(19)25-2)15-14-9-4-3-8(16(20)21)7-11(9)17(22)23/h3-7,14H,1-2H3/b6-5+,15-10-. The fourth-order valence-corrected chi connectivity index (χ4v) is 1.47. The zero-order valence-electron chi connectivity index (χ0n) is 13.0. The highest BCUT2D eigenvalue weighted by Gasteiger charge is 2.19. The molecule has 0 aliphatic heterocycles. The van der Waals surface area contributed by atoms with E-state index >= 15 is 0 Å². The van der Waals surface area contributed by atoms with Gasteiger partial charge in [-0.2, -0.15) is 5.10 Å². The van der Waals surface area contributed by atoms with Crippen molar-refractivity contribution in [3.05, 3.63) is 50.6 Å². The molecule has 0 bridgehead atoms. The maximum absolute atomic E-state index is 11.6. The smallest absolute Gasteiger partial charge is 0.358 e. The Balaban J connectivity index is 3.19. The number of non-ortho nitro benzene ring substituents is 1. The maximum Gasteiger partial charge on any atom is 0.358 e. The second kappa shape index (κ2) is 8.71. The Morgan fingerprint density at radius 2 is 1.80 bits per heavy atom. The summed E-state index contributed by atoms with van der Waals surface area (Å²) in [5.41, 5.74) is 0.532. The lowest BCUT2D eigenvalue weighted by Crippen LogP contribution is -2.16. The van der Waals surface area contributed by atoms with Gasteiger partial charge < -0.3 is 9.47 Å². The topological polar surface area (TPSA) is 163 Å². The first-order valence-electron chi connectivity index (χ1n) is 6.41. The molecule has 0 aromatic heterocycles. The van der Waals surface area contributed by atoms with Gasteiger partial charge in [-0.05, 0) is 12.1 Å². The summed E-state index contributed by atoms with van der Waals surface area (Å²) in [6.45, 7) is 0. The molecule has 12 nitrogen and oxygen atoms in total. The summed E-state index contributed by atoms with van der Waals surface area (Å²) in [6, 6.07) is 2.81. The Hall–Kier alpha value is -3.83. The molecule has 1 N–H and O–H groups in total. The van der Waals surface area contributed by atoms with Crippen LogP contribution in [0.4, 0.5) is 17.1 Å². The van der Waals surface area contributed by atoms with Crippen LogP contribution in [0.15, 0.2) is 35.5 Å². The fourth-order valence-electron chi connectivity index (χ4n) is 1.47. The number of hydrogen-bond acceptors (Lipinski definition) is 10. The van der Waals surface area contributed by atoms with E-state index in [1.54, 1.807) is 0 Å². The van der Waals surface area contributed by atoms with Crippen molar-refractivity contribution in [1.82, 2.24) is 0 Å². The Morgan fingerprint density at radius 3 is 2.32 bits per heavy atom. The predicted molar refractivity (Wildman–Crippen MR) is 84.0 cm³/mol. The monoisotopic (exact) mass is 352 g/mol. The summed E-state index contributed by atoms with van der Waals surface area (Å²) < 4.78 is 8.82. The summed E-state index contributed by atoms with van der Waals surface area (Å²) in [4.78, 5) is 42.7. The van der Waals surface area contributed by atoms with Crippen LogP contribution in [-0.4, -0.2) is 41.7 Å². The number of ether oxygens (including phenoxy) is 2. The fraction of sp³-hybridized carbons (Fsp3) is 0.154. The Morgan fingerprint density at radius 1 is 1.12 bits per heavy atom. The van der Waals surface area contributed by atoms with E-state index in [0.29, 0.717) is 0 Å². The molecule has 0 heterocycles. The van der Waals surface area contributed by atoms with Gasteiger partial charge in [0.1, 0.15) is 5.69 Å². The molecule has 0 atom stereocenters. The van der Waals surface area contributed by atoms with Crippen LogP contribution in [0.5, 0.6) is 0 Å². The number of hydrogen-bond donors (Lipinski definition) is 1. The highest BCUT2D eigenvalue weighted by atomic mass is 16.6. The van der Waals surface area contributed by atoms with Gasteiger partial charge in [-0.15, -0.1) is 0 Å². The van der Waals surface area contributed by atoms with Crippen LogP contribution in [-0.2, 0) is 19.1 Å². The van der Waals surface area contributed by atoms with E-state index in [9.17, 15) is 29.8 Å². The summed E-state index contributed by atoms with van der Waals surface area (Å²) in [7, 11) is 2.19. The van der Waals surface area contributed by atoms with E-state index in [1.807, 2.05) is 0 Å². The molecule has 25 heavy (non-hydrogen) atoms. The number of nitrogens with one attached hydrogen (secondary N) is 1. The molecule has 0 radical (unpaired) electrons. The lowest BCUT2D eigenvalue weighted by Gasteiger charge is -2.04. The molecule has 12 heteroatoms. The summed E-state index contributed by atoms with van der Waals surface area (Å²) >= 11 is 0. The minimum absolute atomic E-state index is 0.205. The lowest BCUT2D eigenvalue weighted by atomic mass is 10.2. The Labute approximate surface area is 140 Å². The van der Waals surface area contributed by atoms with Crippen molar-refractivity contribution in [3.63, 3.8) is 0 Å². The molecule has 1 rings (SSSR count). The number of rotatable bonds is 7. The number of nitrogens with zero attached hydrogens (tertiary/aromatic N) is 3. The third-order valence-corrected chi connectivity index (χ3v) is 2.66. The van der Waals surface area contributed by atoms with Gasteiger partial charge in [-0.1, -0.05) is 0 Å². The van der Waals surface area contributed by atoms with Crippen LogP contribution in [0, 0.1) is 20.2 Å². The van der Waals surface area contributed by atoms with Gasteiger partial charge in [0.15, 0.2) is 5.71 Å². The summed E-state index contributed by atoms with van der Waals surface area (Å²) in [5.74, 6) is -1.70. The molecule has 0 aliphatic carbocycles. The van der Waals surface area contributed by atoms with Crippen LogP contribution < -0.4 is 5.43 Å². The van der Waals surface area contributed by atoms with Gasteiger partial charge in [-0.25, -0.2) is 9.59 Å². The van der Waals surface area contributed by atoms with E-state index < -0.39 is 33.2 Å². The SMILES string of the molecule is COC(=O)/C=C/C(=N/Nc1ccc([N+](=O)[O-])cc1[N+](=O)[O-])C(=O)OC. The van der Waals surface area contributed by atoms with E-state index in [2.05, 4.69) is 20.0 Å². The molecule has 1 aromatic rings. The van der Waals surface area contributed by atoms with Crippen molar-refractivity contribution in [2.24, 2.45) is 5.10 Å². The highest BCUT2D eigenvalue weighted by Crippen LogP contribution is 2.28. The summed E-state index contributed by atoms with van der Waals surface area (Å²) in [6.07, 6.45) is 1.86. The molecule has 0 spiro atoms. The third kappa shape index (κ3) is 5.38. The molecule has 0 aliphatic rings. The third-order valence-electron chi connectivity index (χ3n) is 2.66. The maximum atomic E-state index is 11.6. The number of carbonyl (C=O) groups is 2. The minimum atomic E-state index is -0.933. The van der Waals surface area contributed by atoms with Gasteiger partial charge in [0, 0.05) is 12.1 Å². The number of methoxy groups -OCH3 is 2. The van der Waals surface area contributed by atoms with Gasteiger partial charge in [0.2, 0.25) is 0 Å². The van der Waals surface area contributed by atoms with E-state index in [0.717, 1.165) is 44.6 Å². The first-order valence-corrected chi connectivity index (χ1v) is 6.41. The molecule has 0 amide bonds. The molecule has 0 saturated carbocycles. The first-order chi connectivity index (χ1) is 11.8. The highest BCUT2D eigenvalue weighted by molar-refractivity contribution is 6.41. The molecule has 1 aromatic carbocycles. The van der Waals surface area contributed by atoms with Crippen molar-refractivity contribution >= 4 is 34.7 Å². The van der Waals surface area contributed by atoms with E-state index in [1.165, 1.54) is 0 Å². The normalized spacial score (nSPS) is 11.0. The number of esters is 2. The number of carbonyl (C=O) groups excluding carboxylic acids is 2. The number of anilines is 1. The average Bonchev–Trinajstić information content (AvgIpc) is 2.60. The van der Waals surface area contributed by atoms with Gasteiger partial charge in [-0.3, -0.25) is 25.7 Å². The van der Waals surface area contributed by atoms with Crippen LogP contribution in [0.3, 0.4) is 0 Å². The van der Waals surface area contributed by atoms with Gasteiger partial charge in [0.25, 0.3) is 5.69 Å². The van der Waals surface area contributed by atoms with Gasteiger partial charge in [0.05, 0.1) is 30.1 Å². The molecule has 132 valence electrons. The summed E-state index contributed by atoms with van der Waals surface area (Å²) in [5, 5.41) is 25.3. The molecule has 0 unspecified atom stereocenters. The van der Waals surface area contributed by atoms with Crippen molar-refractivity contribution in [2.75, 3.05) is 19.6 Å². The minimum Gasteiger partial charge on any atom is -0.466 e. The number of nitro benzene ring substituents is 2. The average molecular weight is 352 g/mol. The Bertz CT molecular complexity index is 771. The second-order valence-electron chi connectivity index (χ2n) is 4.17. The van der Waals surface area contributed by atoms with Gasteiger partial charge >= 0.3 is 17.6 Å². The predicted octanol–water partition coefficient (Wildman–Crippen LogP) is 1.17. The lowest BCUT2D eigenvalue weighted by molar-refractivity contribution is -0.393. The van der Waals surface area contributed by atoms with Crippen molar-refractivity contribution in [1.29, 1.82) is 0 Å². The first kappa shape index (κ1) is 19.2. The number of hydrazone groups is 1. The number of benzene rings is 1. The van der Waals surface area contributed by atoms with E-state index in [-0.39, 0.29) is 11.4 Å². The van der Waals surface area contributed by atoms with Crippen LogP contribution in [0.2, 0.25) is 0 Å². The zero-order chi connectivity index (χ0) is 19.0. The quantitative estimate of drug-likeness (QED) is 0.249. The van der Waals surface area contributed by atoms with Crippen molar-refractivity contribution in [2.45, 2.75) is 0 Å². The van der Waals surface area contributed by atoms with Crippen LogP contribution in [0.25, 0.3) is 0 Å². The van der Waals surface area contributed by atoms with Crippen LogP contribution in [0.1, 0.15) is 0 Å². The Kier molecular flexibility index (Phi) is 6.70. The van der Waals surface area contributed by atoms with Crippen molar-refractivity contribution < 1.29 is 28.9 Å². The second-order valence-corrected chi connectivity index (χ2v) is 4.17. The molecule has 0 saturated heterocycles. The van der Waals surface area contributed by atoms with E-state index in [4.69, 9.17) is 0 Å². The van der Waals surface area contributed by atoms with Crippen molar-refractivity contribution in [3.8, 4) is 0 Å². The number of nitro groups is 2. The molecular weight excluding hydrogens is 340 g/mol. The molecule has 0 fully saturated rings.